The van der Waals surface area contributed by atoms with Gasteiger partial charge in [-0.05, 0) is 29.8 Å². The zero-order chi connectivity index (χ0) is 12.1. The molecule has 0 fully saturated rings. The van der Waals surface area contributed by atoms with Gasteiger partial charge in [0.2, 0.25) is 0 Å². The molecule has 0 unspecified atom stereocenters. The molecule has 0 atom stereocenters. The van der Waals surface area contributed by atoms with Crippen LogP contribution in [0.3, 0.4) is 0 Å². The molecule has 17 heavy (non-hydrogen) atoms. The topological polar surface area (TPSA) is 68.0 Å². The van der Waals surface area contributed by atoms with E-state index in [1.807, 2.05) is 24.3 Å². The highest BCUT2D eigenvalue weighted by atomic mass is 16.1. The summed E-state index contributed by atoms with van der Waals surface area (Å²) in [7, 11) is 0. The smallest absolute Gasteiger partial charge is 0.257 e. The summed E-state index contributed by atoms with van der Waals surface area (Å²) >= 11 is 0. The van der Waals surface area contributed by atoms with Crippen LogP contribution in [0.4, 0.5) is 5.69 Å². The lowest BCUT2D eigenvalue weighted by molar-refractivity contribution is 0.102. The summed E-state index contributed by atoms with van der Waals surface area (Å²) in [6, 6.07) is 10.9. The molecule has 0 bridgehead atoms. The number of rotatable bonds is 3. The molecule has 0 radical (unpaired) electrons. The number of hydrogen-bond acceptors (Lipinski definition) is 3. The highest BCUT2D eigenvalue weighted by Crippen LogP contribution is 2.10. The Kier molecular flexibility index (Phi) is 3.47. The van der Waals surface area contributed by atoms with Crippen LogP contribution in [0.15, 0.2) is 48.8 Å². The van der Waals surface area contributed by atoms with Crippen LogP contribution < -0.4 is 11.1 Å². The molecule has 1 heterocycles. The molecule has 1 aromatic heterocycles. The number of amides is 1. The van der Waals surface area contributed by atoms with Crippen molar-refractivity contribution in [3.63, 3.8) is 0 Å². The Hall–Kier alpha value is -2.20. The van der Waals surface area contributed by atoms with E-state index < -0.39 is 0 Å². The van der Waals surface area contributed by atoms with Crippen LogP contribution in [0.5, 0.6) is 0 Å². The number of nitrogens with two attached hydrogens (primary N) is 1. The molecular formula is C13H13N3O. The van der Waals surface area contributed by atoms with Gasteiger partial charge in [-0.3, -0.25) is 9.78 Å². The standard InChI is InChI=1S/C13H13N3O/c14-8-10-3-5-12(6-4-10)16-13(17)11-2-1-7-15-9-11/h1-7,9H,8,14H2,(H,16,17). The first-order chi connectivity index (χ1) is 8.29. The first-order valence-electron chi connectivity index (χ1n) is 5.30. The van der Waals surface area contributed by atoms with Gasteiger partial charge in [-0.2, -0.15) is 0 Å². The van der Waals surface area contributed by atoms with Gasteiger partial charge in [0.25, 0.3) is 5.91 Å². The monoisotopic (exact) mass is 227 g/mol. The predicted octanol–water partition coefficient (Wildman–Crippen LogP) is 1.79. The quantitative estimate of drug-likeness (QED) is 0.840. The fourth-order valence-corrected chi connectivity index (χ4v) is 1.42. The van der Waals surface area contributed by atoms with Gasteiger partial charge in [-0.1, -0.05) is 12.1 Å². The third-order valence-electron chi connectivity index (χ3n) is 2.37. The van der Waals surface area contributed by atoms with Crippen molar-refractivity contribution in [1.82, 2.24) is 4.98 Å². The number of carbonyl (C=O) groups excluding carboxylic acids is 1. The van der Waals surface area contributed by atoms with Gasteiger partial charge in [0.1, 0.15) is 0 Å². The number of pyridine rings is 1. The molecule has 2 aromatic rings. The van der Waals surface area contributed by atoms with Gasteiger partial charge in [0, 0.05) is 24.6 Å². The van der Waals surface area contributed by atoms with Gasteiger partial charge in [-0.25, -0.2) is 0 Å². The fraction of sp³-hybridized carbons (Fsp3) is 0.0769. The van der Waals surface area contributed by atoms with Crippen LogP contribution in [0.2, 0.25) is 0 Å². The van der Waals surface area contributed by atoms with Crippen molar-refractivity contribution < 1.29 is 4.79 Å². The Bertz CT molecular complexity index is 494. The minimum Gasteiger partial charge on any atom is -0.326 e. The summed E-state index contributed by atoms with van der Waals surface area (Å²) in [6.45, 7) is 0.497. The Morgan fingerprint density at radius 3 is 2.59 bits per heavy atom. The van der Waals surface area contributed by atoms with E-state index in [1.54, 1.807) is 18.3 Å². The second-order valence-corrected chi connectivity index (χ2v) is 3.60. The van der Waals surface area contributed by atoms with Gasteiger partial charge >= 0.3 is 0 Å². The lowest BCUT2D eigenvalue weighted by Crippen LogP contribution is -2.12. The molecule has 86 valence electrons. The number of anilines is 1. The molecule has 4 heteroatoms. The minimum atomic E-state index is -0.168. The van der Waals surface area contributed by atoms with E-state index in [-0.39, 0.29) is 5.91 Å². The van der Waals surface area contributed by atoms with Crippen molar-refractivity contribution in [1.29, 1.82) is 0 Å². The summed E-state index contributed by atoms with van der Waals surface area (Å²) < 4.78 is 0. The number of hydrogen-bond donors (Lipinski definition) is 2. The molecule has 0 spiro atoms. The maximum absolute atomic E-state index is 11.8. The molecule has 0 aliphatic heterocycles. The van der Waals surface area contributed by atoms with Crippen molar-refractivity contribution in [2.24, 2.45) is 5.73 Å². The number of nitrogens with zero attached hydrogens (tertiary/aromatic N) is 1. The SMILES string of the molecule is NCc1ccc(NC(=O)c2cccnc2)cc1. The van der Waals surface area contributed by atoms with Gasteiger partial charge < -0.3 is 11.1 Å². The largest absolute Gasteiger partial charge is 0.326 e. The maximum Gasteiger partial charge on any atom is 0.257 e. The van der Waals surface area contributed by atoms with Crippen LogP contribution in [-0.2, 0) is 6.54 Å². The maximum atomic E-state index is 11.8. The van der Waals surface area contributed by atoms with Crippen LogP contribution in [0.1, 0.15) is 15.9 Å². The van der Waals surface area contributed by atoms with Crippen molar-refractivity contribution in [2.75, 3.05) is 5.32 Å². The number of carbonyl (C=O) groups is 1. The molecule has 4 nitrogen and oxygen atoms in total. The highest BCUT2D eigenvalue weighted by molar-refractivity contribution is 6.03. The van der Waals surface area contributed by atoms with E-state index in [0.29, 0.717) is 12.1 Å². The van der Waals surface area contributed by atoms with E-state index in [0.717, 1.165) is 11.3 Å². The Balaban J connectivity index is 2.08. The van der Waals surface area contributed by atoms with Crippen LogP contribution in [-0.4, -0.2) is 10.9 Å². The van der Waals surface area contributed by atoms with E-state index in [9.17, 15) is 4.79 Å². The van der Waals surface area contributed by atoms with Crippen LogP contribution in [0, 0.1) is 0 Å². The third-order valence-corrected chi connectivity index (χ3v) is 2.37. The molecular weight excluding hydrogens is 214 g/mol. The molecule has 0 aliphatic rings. The Morgan fingerprint density at radius 2 is 2.00 bits per heavy atom. The zero-order valence-corrected chi connectivity index (χ0v) is 9.26. The normalized spacial score (nSPS) is 9.94. The third kappa shape index (κ3) is 2.89. The summed E-state index contributed by atoms with van der Waals surface area (Å²) in [4.78, 5) is 15.7. The zero-order valence-electron chi connectivity index (χ0n) is 9.26. The molecule has 1 amide bonds. The second-order valence-electron chi connectivity index (χ2n) is 3.60. The average Bonchev–Trinajstić information content (AvgIpc) is 2.40. The highest BCUT2D eigenvalue weighted by Gasteiger charge is 2.04. The average molecular weight is 227 g/mol. The Morgan fingerprint density at radius 1 is 1.24 bits per heavy atom. The van der Waals surface area contributed by atoms with E-state index in [2.05, 4.69) is 10.3 Å². The summed E-state index contributed by atoms with van der Waals surface area (Å²) in [6.07, 6.45) is 3.16. The lowest BCUT2D eigenvalue weighted by atomic mass is 10.2. The van der Waals surface area contributed by atoms with Crippen molar-refractivity contribution >= 4 is 11.6 Å². The van der Waals surface area contributed by atoms with Crippen molar-refractivity contribution in [3.05, 3.63) is 59.9 Å². The second kappa shape index (κ2) is 5.23. The van der Waals surface area contributed by atoms with Gasteiger partial charge in [-0.15, -0.1) is 0 Å². The summed E-state index contributed by atoms with van der Waals surface area (Å²) in [5.41, 5.74) is 7.81. The number of nitrogens with one attached hydrogen (secondary N) is 1. The summed E-state index contributed by atoms with van der Waals surface area (Å²) in [5, 5.41) is 2.79. The van der Waals surface area contributed by atoms with Crippen LogP contribution in [0.25, 0.3) is 0 Å². The molecule has 0 saturated heterocycles. The molecule has 1 aromatic carbocycles. The molecule has 3 N–H and O–H groups in total. The number of benzene rings is 1. The summed E-state index contributed by atoms with van der Waals surface area (Å²) in [5.74, 6) is -0.168. The number of aromatic nitrogens is 1. The fourth-order valence-electron chi connectivity index (χ4n) is 1.42. The molecule has 0 saturated carbocycles. The molecule has 0 aliphatic carbocycles. The predicted molar refractivity (Wildman–Crippen MR) is 66.5 cm³/mol. The van der Waals surface area contributed by atoms with E-state index >= 15 is 0 Å². The Labute approximate surface area is 99.5 Å². The molecule has 2 rings (SSSR count). The van der Waals surface area contributed by atoms with E-state index in [1.165, 1.54) is 6.20 Å². The van der Waals surface area contributed by atoms with Crippen molar-refractivity contribution in [3.8, 4) is 0 Å². The van der Waals surface area contributed by atoms with Gasteiger partial charge in [0.05, 0.1) is 5.56 Å². The van der Waals surface area contributed by atoms with Crippen LogP contribution >= 0.6 is 0 Å². The lowest BCUT2D eigenvalue weighted by Gasteiger charge is -2.05. The van der Waals surface area contributed by atoms with E-state index in [4.69, 9.17) is 5.73 Å². The first-order valence-corrected chi connectivity index (χ1v) is 5.30. The first kappa shape index (κ1) is 11.3. The van der Waals surface area contributed by atoms with Gasteiger partial charge in [0.15, 0.2) is 0 Å². The minimum absolute atomic E-state index is 0.168. The van der Waals surface area contributed by atoms with Crippen molar-refractivity contribution in [2.45, 2.75) is 6.54 Å².